The number of nitrogens with one attached hydrogen (secondary N) is 2. The largest absolute Gasteiger partial charge is 0.481 e. The van der Waals surface area contributed by atoms with Gasteiger partial charge in [0.2, 0.25) is 0 Å². The molecule has 0 spiro atoms. The van der Waals surface area contributed by atoms with Crippen LogP contribution in [0.1, 0.15) is 59.8 Å². The van der Waals surface area contributed by atoms with Gasteiger partial charge in [-0.15, -0.1) is 11.3 Å². The van der Waals surface area contributed by atoms with E-state index in [1.807, 2.05) is 18.2 Å². The summed E-state index contributed by atoms with van der Waals surface area (Å²) in [6.45, 7) is 2.69. The SMILES string of the molecule is CCCCCCc1ccc(F)cc1NCc1ccc(C(=O)Nc2nc(CC(=O)O)cs2)cc1. The molecule has 6 nitrogen and oxygen atoms in total. The zero-order valence-electron chi connectivity index (χ0n) is 18.6. The number of nitrogens with zero attached hydrogens (tertiary/aromatic N) is 1. The van der Waals surface area contributed by atoms with Crippen LogP contribution >= 0.6 is 11.3 Å². The van der Waals surface area contributed by atoms with Gasteiger partial charge in [0.05, 0.1) is 12.1 Å². The Morgan fingerprint density at radius 2 is 1.88 bits per heavy atom. The minimum atomic E-state index is -0.968. The van der Waals surface area contributed by atoms with E-state index < -0.39 is 5.97 Å². The molecular formula is C25H28FN3O3S. The third-order valence-corrected chi connectivity index (χ3v) is 5.98. The normalized spacial score (nSPS) is 10.7. The fraction of sp³-hybridized carbons (Fsp3) is 0.320. The van der Waals surface area contributed by atoms with E-state index in [9.17, 15) is 14.0 Å². The maximum Gasteiger partial charge on any atom is 0.309 e. The van der Waals surface area contributed by atoms with E-state index in [1.54, 1.807) is 17.5 Å². The first-order chi connectivity index (χ1) is 15.9. The van der Waals surface area contributed by atoms with Crippen molar-refractivity contribution in [3.05, 3.63) is 76.0 Å². The molecular weight excluding hydrogens is 441 g/mol. The Labute approximate surface area is 196 Å². The number of halogens is 1. The molecule has 33 heavy (non-hydrogen) atoms. The lowest BCUT2D eigenvalue weighted by Gasteiger charge is -2.13. The predicted octanol–water partition coefficient (Wildman–Crippen LogP) is 5.90. The number of aliphatic carboxylic acids is 1. The van der Waals surface area contributed by atoms with Crippen molar-refractivity contribution in [3.63, 3.8) is 0 Å². The van der Waals surface area contributed by atoms with E-state index in [-0.39, 0.29) is 18.1 Å². The molecule has 0 aliphatic rings. The molecule has 3 N–H and O–H groups in total. The van der Waals surface area contributed by atoms with E-state index in [1.165, 1.54) is 42.7 Å². The van der Waals surface area contributed by atoms with Gasteiger partial charge < -0.3 is 10.4 Å². The molecule has 1 amide bonds. The van der Waals surface area contributed by atoms with Crippen LogP contribution < -0.4 is 10.6 Å². The summed E-state index contributed by atoms with van der Waals surface area (Å²) in [6, 6.07) is 12.0. The number of carbonyl (C=O) groups excluding carboxylic acids is 1. The molecule has 0 unspecified atom stereocenters. The zero-order valence-corrected chi connectivity index (χ0v) is 19.4. The van der Waals surface area contributed by atoms with Crippen LogP contribution in [0.5, 0.6) is 0 Å². The molecule has 8 heteroatoms. The van der Waals surface area contributed by atoms with Crippen molar-refractivity contribution < 1.29 is 19.1 Å². The lowest BCUT2D eigenvalue weighted by molar-refractivity contribution is -0.136. The number of carboxylic acid groups (broad SMARTS) is 1. The molecule has 1 heterocycles. The number of rotatable bonds is 12. The van der Waals surface area contributed by atoms with Crippen LogP contribution in [0, 0.1) is 5.82 Å². The van der Waals surface area contributed by atoms with Crippen LogP contribution in [-0.2, 0) is 24.2 Å². The van der Waals surface area contributed by atoms with Crippen molar-refractivity contribution in [2.24, 2.45) is 0 Å². The van der Waals surface area contributed by atoms with Gasteiger partial charge in [0.25, 0.3) is 5.91 Å². The van der Waals surface area contributed by atoms with Gasteiger partial charge in [-0.1, -0.05) is 44.4 Å². The first-order valence-corrected chi connectivity index (χ1v) is 11.9. The molecule has 0 saturated carbocycles. The van der Waals surface area contributed by atoms with Gasteiger partial charge in [-0.05, 0) is 48.2 Å². The lowest BCUT2D eigenvalue weighted by Crippen LogP contribution is -2.12. The monoisotopic (exact) mass is 469 g/mol. The molecule has 0 fully saturated rings. The topological polar surface area (TPSA) is 91.3 Å². The fourth-order valence-corrected chi connectivity index (χ4v) is 4.12. The summed E-state index contributed by atoms with van der Waals surface area (Å²) < 4.78 is 13.8. The molecule has 0 atom stereocenters. The number of hydrogen-bond donors (Lipinski definition) is 3. The van der Waals surface area contributed by atoms with Gasteiger partial charge in [0, 0.05) is 23.2 Å². The molecule has 0 bridgehead atoms. The fourth-order valence-electron chi connectivity index (χ4n) is 3.41. The highest BCUT2D eigenvalue weighted by Crippen LogP contribution is 2.21. The number of benzene rings is 2. The highest BCUT2D eigenvalue weighted by molar-refractivity contribution is 7.14. The second kappa shape index (κ2) is 12.1. The van der Waals surface area contributed by atoms with Crippen molar-refractivity contribution in [1.29, 1.82) is 0 Å². The van der Waals surface area contributed by atoms with Crippen molar-refractivity contribution in [3.8, 4) is 0 Å². The summed E-state index contributed by atoms with van der Waals surface area (Å²) in [5.74, 6) is -1.55. The van der Waals surface area contributed by atoms with Crippen molar-refractivity contribution in [2.75, 3.05) is 10.6 Å². The first-order valence-electron chi connectivity index (χ1n) is 11.0. The van der Waals surface area contributed by atoms with E-state index in [4.69, 9.17) is 5.11 Å². The van der Waals surface area contributed by atoms with E-state index in [2.05, 4.69) is 22.5 Å². The summed E-state index contributed by atoms with van der Waals surface area (Å²) >= 11 is 1.19. The molecule has 0 radical (unpaired) electrons. The number of thiazole rings is 1. The van der Waals surface area contributed by atoms with Crippen LogP contribution in [0.3, 0.4) is 0 Å². The smallest absolute Gasteiger partial charge is 0.309 e. The van der Waals surface area contributed by atoms with Gasteiger partial charge in [0.15, 0.2) is 5.13 Å². The minimum Gasteiger partial charge on any atom is -0.481 e. The Hall–Kier alpha value is -3.26. The van der Waals surface area contributed by atoms with Crippen LogP contribution in [0.15, 0.2) is 47.8 Å². The Kier molecular flexibility index (Phi) is 8.95. The quantitative estimate of drug-likeness (QED) is 0.287. The Morgan fingerprint density at radius 1 is 1.09 bits per heavy atom. The maximum atomic E-state index is 13.8. The molecule has 1 aromatic heterocycles. The zero-order chi connectivity index (χ0) is 23.6. The van der Waals surface area contributed by atoms with Crippen LogP contribution in [-0.4, -0.2) is 22.0 Å². The maximum absolute atomic E-state index is 13.8. The van der Waals surface area contributed by atoms with Gasteiger partial charge in [-0.3, -0.25) is 14.9 Å². The van der Waals surface area contributed by atoms with Crippen molar-refractivity contribution in [1.82, 2.24) is 4.98 Å². The predicted molar refractivity (Wildman–Crippen MR) is 129 cm³/mol. The Balaban J connectivity index is 1.56. The van der Waals surface area contributed by atoms with Crippen molar-refractivity contribution >= 4 is 34.0 Å². The van der Waals surface area contributed by atoms with Crippen molar-refractivity contribution in [2.45, 2.75) is 52.0 Å². The van der Waals surface area contributed by atoms with E-state index in [0.717, 1.165) is 29.7 Å². The molecule has 174 valence electrons. The second-order valence-electron chi connectivity index (χ2n) is 7.83. The summed E-state index contributed by atoms with van der Waals surface area (Å²) in [4.78, 5) is 27.3. The minimum absolute atomic E-state index is 0.181. The third-order valence-electron chi connectivity index (χ3n) is 5.18. The van der Waals surface area contributed by atoms with Gasteiger partial charge in [0.1, 0.15) is 5.82 Å². The summed E-state index contributed by atoms with van der Waals surface area (Å²) in [6.07, 6.45) is 5.36. The highest BCUT2D eigenvalue weighted by atomic mass is 32.1. The van der Waals surface area contributed by atoms with Crippen LogP contribution in [0.2, 0.25) is 0 Å². The molecule has 0 aliphatic carbocycles. The first kappa shape index (κ1) is 24.4. The standard InChI is InChI=1S/C25H28FN3O3S/c1-2-3-4-5-6-18-11-12-20(26)13-22(18)27-15-17-7-9-19(10-8-17)24(32)29-25-28-21(16-33-25)14-23(30)31/h7-13,16,27H,2-6,14-15H2,1H3,(H,30,31)(H,28,29,32). The Morgan fingerprint density at radius 3 is 2.61 bits per heavy atom. The lowest BCUT2D eigenvalue weighted by atomic mass is 10.0. The third kappa shape index (κ3) is 7.68. The van der Waals surface area contributed by atoms with Gasteiger partial charge in [-0.2, -0.15) is 0 Å². The number of aryl methyl sites for hydroxylation is 1. The summed E-state index contributed by atoms with van der Waals surface area (Å²) in [7, 11) is 0. The number of hydrogen-bond acceptors (Lipinski definition) is 5. The van der Waals surface area contributed by atoms with E-state index in [0.29, 0.717) is 22.9 Å². The van der Waals surface area contributed by atoms with E-state index >= 15 is 0 Å². The molecule has 0 aliphatic heterocycles. The number of unbranched alkanes of at least 4 members (excludes halogenated alkanes) is 3. The number of carbonyl (C=O) groups is 2. The molecule has 0 saturated heterocycles. The molecule has 3 aromatic rings. The Bertz CT molecular complexity index is 1080. The average Bonchev–Trinajstić information content (AvgIpc) is 3.22. The molecule has 3 rings (SSSR count). The summed E-state index contributed by atoms with van der Waals surface area (Å²) in [5, 5.41) is 16.8. The van der Waals surface area contributed by atoms with Crippen LogP contribution in [0.25, 0.3) is 0 Å². The number of carboxylic acids is 1. The summed E-state index contributed by atoms with van der Waals surface area (Å²) in [5.41, 5.74) is 3.75. The number of amides is 1. The average molecular weight is 470 g/mol. The van der Waals surface area contributed by atoms with Gasteiger partial charge >= 0.3 is 5.97 Å². The number of aromatic nitrogens is 1. The second-order valence-corrected chi connectivity index (χ2v) is 8.69. The van der Waals surface area contributed by atoms with Gasteiger partial charge in [-0.25, -0.2) is 9.37 Å². The number of anilines is 2. The molecule has 2 aromatic carbocycles. The highest BCUT2D eigenvalue weighted by Gasteiger charge is 2.11. The van der Waals surface area contributed by atoms with Crippen LogP contribution in [0.4, 0.5) is 15.2 Å².